The Bertz CT molecular complexity index is 1570. The van der Waals surface area contributed by atoms with E-state index < -0.39 is 98.7 Å². The maximum Gasteiger partial charge on any atom is 0.187 e. The molecule has 26 atom stereocenters. The Kier molecular flexibility index (Phi) is 12.2. The molecule has 4 aliphatic carbocycles. The molecule has 3 saturated carbocycles. The predicted octanol–water partition coefficient (Wildman–Crippen LogP) is 1.18. The Morgan fingerprint density at radius 1 is 0.683 bits per heavy atom. The highest BCUT2D eigenvalue weighted by Crippen LogP contribution is 2.70. The molecule has 5 saturated heterocycles. The van der Waals surface area contributed by atoms with Crippen LogP contribution in [0.5, 0.6) is 0 Å². The van der Waals surface area contributed by atoms with Gasteiger partial charge in [-0.25, -0.2) is 0 Å². The summed E-state index contributed by atoms with van der Waals surface area (Å²) in [5.41, 5.74) is 1.78. The molecular weight excluding hydrogens is 778 g/mol. The van der Waals surface area contributed by atoms with Crippen LogP contribution in [0.2, 0.25) is 0 Å². The number of hydrogen-bond acceptors (Lipinski definition) is 15. The van der Waals surface area contributed by atoms with Crippen molar-refractivity contribution in [3.05, 3.63) is 11.6 Å². The van der Waals surface area contributed by atoms with Crippen LogP contribution >= 0.6 is 0 Å². The van der Waals surface area contributed by atoms with Crippen LogP contribution in [0.25, 0.3) is 0 Å². The molecule has 0 aromatic heterocycles. The highest BCUT2D eigenvalue weighted by atomic mass is 16.8. The topological polar surface area (TPSA) is 220 Å². The number of aliphatic hydroxyl groups is 8. The van der Waals surface area contributed by atoms with Gasteiger partial charge in [-0.15, -0.1) is 0 Å². The van der Waals surface area contributed by atoms with E-state index in [1.165, 1.54) is 58.1 Å². The third-order valence-corrected chi connectivity index (χ3v) is 18.0. The molecule has 9 rings (SSSR count). The summed E-state index contributed by atoms with van der Waals surface area (Å²) in [6.45, 7) is 13.7. The molecule has 0 aromatic carbocycles. The molecule has 342 valence electrons. The summed E-state index contributed by atoms with van der Waals surface area (Å²) in [6.07, 6.45) is -9.40. The van der Waals surface area contributed by atoms with E-state index in [0.717, 1.165) is 43.1 Å². The number of ether oxygens (including phenoxy) is 6. The third-order valence-electron chi connectivity index (χ3n) is 18.0. The van der Waals surface area contributed by atoms with Crippen LogP contribution in [0.15, 0.2) is 11.6 Å². The highest BCUT2D eigenvalue weighted by Gasteiger charge is 2.66. The van der Waals surface area contributed by atoms with E-state index in [-0.39, 0.29) is 11.5 Å². The van der Waals surface area contributed by atoms with E-state index in [1.54, 1.807) is 0 Å². The average Bonchev–Trinajstić information content (AvgIpc) is 3.69. The SMILES string of the molecule is CC1OC(OC2C(OC3CC[C@@]4(C)C(=CCC5C6CC7C([C@H](C)C8CC[C@H](C)CN78)[C@@]6(C)CCC54)C3)OC(CO)C(O)C2OC2OC(C)C(O)C(O)C2O)C(O)C(O)C1O. The molecule has 0 spiro atoms. The van der Waals surface area contributed by atoms with Gasteiger partial charge in [0.1, 0.15) is 61.0 Å². The van der Waals surface area contributed by atoms with Gasteiger partial charge in [0.05, 0.1) is 24.9 Å². The fraction of sp³-hybridized carbons (Fsp3) is 0.956. The van der Waals surface area contributed by atoms with E-state index in [2.05, 4.69) is 38.7 Å². The van der Waals surface area contributed by atoms with Gasteiger partial charge in [0, 0.05) is 18.6 Å². The zero-order valence-corrected chi connectivity index (χ0v) is 36.2. The lowest BCUT2D eigenvalue weighted by atomic mass is 9.47. The Labute approximate surface area is 354 Å². The van der Waals surface area contributed by atoms with Crippen molar-refractivity contribution in [1.82, 2.24) is 4.90 Å². The van der Waals surface area contributed by atoms with E-state index in [9.17, 15) is 40.9 Å². The molecule has 0 radical (unpaired) electrons. The van der Waals surface area contributed by atoms with Crippen molar-refractivity contribution in [2.45, 2.75) is 210 Å². The van der Waals surface area contributed by atoms with Crippen molar-refractivity contribution in [2.75, 3.05) is 13.2 Å². The van der Waals surface area contributed by atoms with Crippen molar-refractivity contribution in [2.24, 2.45) is 46.3 Å². The van der Waals surface area contributed by atoms with Crippen molar-refractivity contribution < 1.29 is 69.3 Å². The first-order chi connectivity index (χ1) is 28.5. The number of hydrogen-bond donors (Lipinski definition) is 8. The first-order valence-corrected chi connectivity index (χ1v) is 23.2. The molecule has 15 heteroatoms. The van der Waals surface area contributed by atoms with Gasteiger partial charge in [0.15, 0.2) is 18.9 Å². The Balaban J connectivity index is 0.950. The average molecular weight is 852 g/mol. The lowest BCUT2D eigenvalue weighted by Gasteiger charge is -2.58. The predicted molar refractivity (Wildman–Crippen MR) is 214 cm³/mol. The minimum Gasteiger partial charge on any atom is -0.394 e. The molecule has 9 aliphatic rings. The fourth-order valence-corrected chi connectivity index (χ4v) is 14.7. The Hall–Kier alpha value is -0.860. The second kappa shape index (κ2) is 16.5. The molecule has 5 heterocycles. The molecular formula is C45H73NO14. The quantitative estimate of drug-likeness (QED) is 0.169. The van der Waals surface area contributed by atoms with Gasteiger partial charge >= 0.3 is 0 Å². The van der Waals surface area contributed by atoms with Crippen molar-refractivity contribution in [3.63, 3.8) is 0 Å². The van der Waals surface area contributed by atoms with Gasteiger partial charge in [0.25, 0.3) is 0 Å². The molecule has 0 aromatic rings. The second-order valence-electron chi connectivity index (χ2n) is 21.2. The third kappa shape index (κ3) is 7.11. The van der Waals surface area contributed by atoms with Gasteiger partial charge < -0.3 is 69.3 Å². The largest absolute Gasteiger partial charge is 0.394 e. The fourth-order valence-electron chi connectivity index (χ4n) is 14.7. The van der Waals surface area contributed by atoms with Crippen LogP contribution in [0.3, 0.4) is 0 Å². The van der Waals surface area contributed by atoms with Gasteiger partial charge in [-0.1, -0.05) is 39.3 Å². The zero-order chi connectivity index (χ0) is 42.7. The lowest BCUT2D eigenvalue weighted by Crippen LogP contribution is -2.67. The molecule has 15 nitrogen and oxygen atoms in total. The summed E-state index contributed by atoms with van der Waals surface area (Å²) in [4.78, 5) is 2.95. The molecule has 60 heavy (non-hydrogen) atoms. The number of allylic oxidation sites excluding steroid dienone is 1. The lowest BCUT2D eigenvalue weighted by molar-refractivity contribution is -0.393. The minimum absolute atomic E-state index is 0.0259. The molecule has 8 N–H and O–H groups in total. The van der Waals surface area contributed by atoms with E-state index in [1.807, 2.05) is 0 Å². The highest BCUT2D eigenvalue weighted by molar-refractivity contribution is 5.27. The summed E-state index contributed by atoms with van der Waals surface area (Å²) < 4.78 is 37.0. The van der Waals surface area contributed by atoms with Crippen LogP contribution < -0.4 is 0 Å². The van der Waals surface area contributed by atoms with Crippen molar-refractivity contribution >= 4 is 0 Å². The standard InChI is InChI=1S/C45H73NO14/c1-19-7-10-28-20(2)31-29(46(28)17-19)16-27-25-9-8-23-15-24(11-13-44(23,5)26(25)12-14-45(27,31)6)57-43-40(60-42-38(54)36(52)33(49)22(4)56-42)39(34(50)30(18-47)58-43)59-41-37(53)35(51)32(48)21(3)55-41/h8,19-22,24-43,47-54H,7,9-18H2,1-6H3/t19-,20+,21?,22?,24?,25?,26?,27?,28?,29?,30?,31?,32?,33?,34?,35?,36?,37?,38?,39?,40?,41?,42?,43?,44-,45-/m0/s1. The maximum absolute atomic E-state index is 11.6. The number of rotatable bonds is 7. The summed E-state index contributed by atoms with van der Waals surface area (Å²) in [5.74, 6) is 4.23. The van der Waals surface area contributed by atoms with E-state index in [4.69, 9.17) is 28.4 Å². The van der Waals surface area contributed by atoms with Crippen LogP contribution in [0, 0.1) is 46.3 Å². The minimum atomic E-state index is -1.72. The summed E-state index contributed by atoms with van der Waals surface area (Å²) in [7, 11) is 0. The van der Waals surface area contributed by atoms with Crippen molar-refractivity contribution in [3.8, 4) is 0 Å². The summed E-state index contributed by atoms with van der Waals surface area (Å²) in [6, 6.07) is 1.45. The summed E-state index contributed by atoms with van der Waals surface area (Å²) >= 11 is 0. The monoisotopic (exact) mass is 852 g/mol. The second-order valence-corrected chi connectivity index (χ2v) is 21.2. The maximum atomic E-state index is 11.6. The first kappa shape index (κ1) is 44.3. The zero-order valence-electron chi connectivity index (χ0n) is 36.2. The number of aliphatic hydroxyl groups excluding tert-OH is 8. The van der Waals surface area contributed by atoms with Gasteiger partial charge in [-0.05, 0) is 118 Å². The van der Waals surface area contributed by atoms with Crippen LogP contribution in [-0.4, -0.2) is 169 Å². The molecule has 8 fully saturated rings. The molecule has 0 amide bonds. The molecule has 0 bridgehead atoms. The van der Waals surface area contributed by atoms with Crippen molar-refractivity contribution in [1.29, 1.82) is 0 Å². The van der Waals surface area contributed by atoms with Crippen LogP contribution in [0.4, 0.5) is 0 Å². The van der Waals surface area contributed by atoms with E-state index in [0.29, 0.717) is 35.6 Å². The van der Waals surface area contributed by atoms with E-state index >= 15 is 0 Å². The normalized spacial score (nSPS) is 58.1. The Morgan fingerprint density at radius 3 is 1.98 bits per heavy atom. The van der Waals surface area contributed by atoms with Crippen LogP contribution in [0.1, 0.15) is 99.3 Å². The first-order valence-electron chi connectivity index (χ1n) is 23.2. The molecule has 5 aliphatic heterocycles. The van der Waals surface area contributed by atoms with Gasteiger partial charge in [-0.2, -0.15) is 0 Å². The number of piperidine rings is 1. The summed E-state index contributed by atoms with van der Waals surface area (Å²) in [5, 5.41) is 85.9. The van der Waals surface area contributed by atoms with Gasteiger partial charge in [-0.3, -0.25) is 4.90 Å². The number of fused-ring (bicyclic) bond motifs is 9. The van der Waals surface area contributed by atoms with Crippen LogP contribution in [-0.2, 0) is 28.4 Å². The smallest absolute Gasteiger partial charge is 0.187 e. The number of nitrogens with zero attached hydrogens (tertiary/aromatic N) is 1. The van der Waals surface area contributed by atoms with Gasteiger partial charge in [0.2, 0.25) is 0 Å². The molecule has 22 unspecified atom stereocenters. The Morgan fingerprint density at radius 2 is 1.33 bits per heavy atom.